The number of benzene rings is 3. The van der Waals surface area contributed by atoms with Crippen molar-refractivity contribution in [2.24, 2.45) is 5.92 Å². The maximum atomic E-state index is 13.7. The average Bonchev–Trinajstić information content (AvgIpc) is 2.98. The van der Waals surface area contributed by atoms with Gasteiger partial charge < -0.3 is 19.5 Å². The Morgan fingerprint density at radius 1 is 1.07 bits per heavy atom. The van der Waals surface area contributed by atoms with Crippen molar-refractivity contribution < 1.29 is 40.6 Å². The minimum absolute atomic E-state index is 0.0265. The number of hydrogen-bond donors (Lipinski definition) is 2. The average molecular weight is 636 g/mol. The Hall–Kier alpha value is -3.72. The van der Waals surface area contributed by atoms with Crippen molar-refractivity contribution in [3.8, 4) is 11.5 Å². The number of nitrogens with one attached hydrogen (secondary N) is 1. The summed E-state index contributed by atoms with van der Waals surface area (Å²) in [6.07, 6.45) is -0.868. The van der Waals surface area contributed by atoms with Gasteiger partial charge in [0, 0.05) is 19.5 Å². The highest BCUT2D eigenvalue weighted by Crippen LogP contribution is 2.36. The van der Waals surface area contributed by atoms with Crippen LogP contribution in [0.15, 0.2) is 76.5 Å². The van der Waals surface area contributed by atoms with E-state index in [-0.39, 0.29) is 46.5 Å². The number of fused-ring (bicyclic) bond motifs is 1. The van der Waals surface area contributed by atoms with E-state index >= 15 is 0 Å². The van der Waals surface area contributed by atoms with Gasteiger partial charge in [0.1, 0.15) is 17.7 Å². The largest absolute Gasteiger partial charge is 0.497 e. The summed E-state index contributed by atoms with van der Waals surface area (Å²) in [5.74, 6) is -1.15. The van der Waals surface area contributed by atoms with Crippen LogP contribution < -0.4 is 14.2 Å². The third kappa shape index (κ3) is 6.93. The number of aliphatic hydroxyl groups excluding tert-OH is 1. The van der Waals surface area contributed by atoms with Gasteiger partial charge in [0.25, 0.3) is 15.9 Å². The molecule has 232 valence electrons. The number of sulfonamides is 2. The number of carbonyl (C=O) groups excluding carboxylic acids is 1. The third-order valence-corrected chi connectivity index (χ3v) is 10.5. The number of halogens is 1. The molecular formula is C29H34FN3O8S2. The number of anilines is 1. The van der Waals surface area contributed by atoms with Crippen molar-refractivity contribution >= 4 is 31.6 Å². The molecule has 3 aromatic carbocycles. The van der Waals surface area contributed by atoms with Gasteiger partial charge in [-0.1, -0.05) is 13.0 Å². The van der Waals surface area contributed by atoms with Crippen LogP contribution >= 0.6 is 0 Å². The summed E-state index contributed by atoms with van der Waals surface area (Å²) >= 11 is 0. The molecule has 1 amide bonds. The lowest BCUT2D eigenvalue weighted by Gasteiger charge is -2.38. The van der Waals surface area contributed by atoms with Crippen LogP contribution in [0.2, 0.25) is 0 Å². The van der Waals surface area contributed by atoms with Gasteiger partial charge in [-0.05, 0) is 67.6 Å². The van der Waals surface area contributed by atoms with Crippen LogP contribution in [0.1, 0.15) is 24.2 Å². The SMILES string of the molecule is COc1ccc(S(=O)(=O)Nc2cccc3c2O[C@H](CN(C)S(=O)(=O)c2ccc(F)cc2)[C@@H](C)CN([C@H](C)CO)C3=O)cc1. The van der Waals surface area contributed by atoms with Gasteiger partial charge in [0.05, 0.1) is 47.3 Å². The molecule has 0 saturated heterocycles. The quantitative estimate of drug-likeness (QED) is 0.346. The highest BCUT2D eigenvalue weighted by molar-refractivity contribution is 7.92. The van der Waals surface area contributed by atoms with Crippen molar-refractivity contribution in [3.05, 3.63) is 78.1 Å². The molecular weight excluding hydrogens is 601 g/mol. The Labute approximate surface area is 250 Å². The lowest BCUT2D eigenvalue weighted by atomic mass is 9.99. The highest BCUT2D eigenvalue weighted by Gasteiger charge is 2.36. The fraction of sp³-hybridized carbons (Fsp3) is 0.345. The maximum Gasteiger partial charge on any atom is 0.262 e. The number of carbonyl (C=O) groups is 1. The molecule has 43 heavy (non-hydrogen) atoms. The Morgan fingerprint density at radius 2 is 1.70 bits per heavy atom. The second-order valence-electron chi connectivity index (χ2n) is 10.3. The number of para-hydroxylation sites is 1. The molecule has 0 radical (unpaired) electrons. The van der Waals surface area contributed by atoms with Gasteiger partial charge in [0.15, 0.2) is 5.75 Å². The first-order chi connectivity index (χ1) is 20.3. The number of rotatable bonds is 10. The van der Waals surface area contributed by atoms with E-state index in [4.69, 9.17) is 9.47 Å². The minimum Gasteiger partial charge on any atom is -0.497 e. The van der Waals surface area contributed by atoms with E-state index in [1.807, 2.05) is 0 Å². The number of amides is 1. The van der Waals surface area contributed by atoms with Crippen molar-refractivity contribution in [1.82, 2.24) is 9.21 Å². The zero-order valence-corrected chi connectivity index (χ0v) is 25.7. The second-order valence-corrected chi connectivity index (χ2v) is 14.1. The number of methoxy groups -OCH3 is 1. The molecule has 4 rings (SSSR count). The van der Waals surface area contributed by atoms with E-state index in [1.54, 1.807) is 13.8 Å². The normalized spacial score (nSPS) is 18.3. The van der Waals surface area contributed by atoms with Gasteiger partial charge in [0.2, 0.25) is 10.0 Å². The van der Waals surface area contributed by atoms with Gasteiger partial charge in [-0.15, -0.1) is 0 Å². The molecule has 0 spiro atoms. The second kappa shape index (κ2) is 12.9. The molecule has 0 aliphatic carbocycles. The summed E-state index contributed by atoms with van der Waals surface area (Å²) < 4.78 is 81.7. The predicted molar refractivity (Wildman–Crippen MR) is 158 cm³/mol. The Kier molecular flexibility index (Phi) is 9.64. The molecule has 14 heteroatoms. The molecule has 3 aromatic rings. The summed E-state index contributed by atoms with van der Waals surface area (Å²) in [5, 5.41) is 9.90. The number of nitrogens with zero attached hydrogens (tertiary/aromatic N) is 2. The highest BCUT2D eigenvalue weighted by atomic mass is 32.2. The first kappa shape index (κ1) is 32.2. The van der Waals surface area contributed by atoms with Gasteiger partial charge in [-0.2, -0.15) is 4.31 Å². The monoisotopic (exact) mass is 635 g/mol. The number of hydrogen-bond acceptors (Lipinski definition) is 8. The lowest BCUT2D eigenvalue weighted by Crippen LogP contribution is -2.50. The van der Waals surface area contributed by atoms with Crippen LogP contribution in [0.5, 0.6) is 11.5 Å². The van der Waals surface area contributed by atoms with Gasteiger partial charge >= 0.3 is 0 Å². The van der Waals surface area contributed by atoms with Crippen LogP contribution in [-0.4, -0.2) is 83.1 Å². The summed E-state index contributed by atoms with van der Waals surface area (Å²) in [7, 11) is -5.40. The van der Waals surface area contributed by atoms with Crippen molar-refractivity contribution in [2.75, 3.05) is 38.6 Å². The molecule has 1 heterocycles. The summed E-state index contributed by atoms with van der Waals surface area (Å²) in [6.45, 7) is 3.04. The molecule has 1 aliphatic heterocycles. The molecule has 0 fully saturated rings. The van der Waals surface area contributed by atoms with E-state index in [0.717, 1.165) is 28.6 Å². The van der Waals surface area contributed by atoms with Crippen LogP contribution in [0, 0.1) is 11.7 Å². The number of likely N-dealkylation sites (N-methyl/N-ethyl adjacent to an activating group) is 1. The molecule has 2 N–H and O–H groups in total. The zero-order valence-electron chi connectivity index (χ0n) is 24.1. The standard InChI is InChI=1S/C29H34FN3O8S2/c1-19-16-33(20(2)18-34)29(35)25-6-5-7-26(31-42(36,37)23-14-10-22(40-4)11-15-23)28(25)41-27(19)17-32(3)43(38,39)24-12-8-21(30)9-13-24/h5-15,19-20,27,31,34H,16-18H2,1-4H3/t19-,20+,27+/m0/s1. The van der Waals surface area contributed by atoms with E-state index < -0.39 is 49.8 Å². The number of ether oxygens (including phenoxy) is 2. The van der Waals surface area contributed by atoms with Gasteiger partial charge in [-0.3, -0.25) is 9.52 Å². The van der Waals surface area contributed by atoms with Gasteiger partial charge in [-0.25, -0.2) is 21.2 Å². The van der Waals surface area contributed by atoms with Crippen LogP contribution in [0.25, 0.3) is 0 Å². The fourth-order valence-corrected chi connectivity index (χ4v) is 6.88. The van der Waals surface area contributed by atoms with E-state index in [2.05, 4.69) is 4.72 Å². The van der Waals surface area contributed by atoms with Crippen LogP contribution in [0.4, 0.5) is 10.1 Å². The van der Waals surface area contributed by atoms with Crippen LogP contribution in [0.3, 0.4) is 0 Å². The number of aliphatic hydroxyl groups is 1. The molecule has 1 aliphatic rings. The summed E-state index contributed by atoms with van der Waals surface area (Å²) in [6, 6.07) is 14.0. The molecule has 0 aromatic heterocycles. The van der Waals surface area contributed by atoms with Crippen molar-refractivity contribution in [3.63, 3.8) is 0 Å². The Bertz CT molecular complexity index is 1670. The summed E-state index contributed by atoms with van der Waals surface area (Å²) in [4.78, 5) is 15.0. The van der Waals surface area contributed by atoms with Crippen molar-refractivity contribution in [1.29, 1.82) is 0 Å². The molecule has 3 atom stereocenters. The predicted octanol–water partition coefficient (Wildman–Crippen LogP) is 3.18. The van der Waals surface area contributed by atoms with E-state index in [1.165, 1.54) is 61.5 Å². The molecule has 0 bridgehead atoms. The lowest BCUT2D eigenvalue weighted by molar-refractivity contribution is 0.0389. The van der Waals surface area contributed by atoms with Crippen molar-refractivity contribution in [2.45, 2.75) is 35.8 Å². The Balaban J connectivity index is 1.75. The first-order valence-electron chi connectivity index (χ1n) is 13.4. The summed E-state index contributed by atoms with van der Waals surface area (Å²) in [5.41, 5.74) is 0.0117. The van der Waals surface area contributed by atoms with E-state index in [0.29, 0.717) is 5.75 Å². The smallest absolute Gasteiger partial charge is 0.262 e. The molecule has 0 saturated carbocycles. The molecule has 11 nitrogen and oxygen atoms in total. The van der Waals surface area contributed by atoms with Crippen LogP contribution in [-0.2, 0) is 20.0 Å². The topological polar surface area (TPSA) is 143 Å². The maximum absolute atomic E-state index is 13.7. The minimum atomic E-state index is -4.15. The third-order valence-electron chi connectivity index (χ3n) is 7.26. The van der Waals surface area contributed by atoms with E-state index in [9.17, 15) is 31.1 Å². The Morgan fingerprint density at radius 3 is 2.30 bits per heavy atom. The fourth-order valence-electron chi connectivity index (χ4n) is 4.64. The molecule has 0 unspecified atom stereocenters. The zero-order chi connectivity index (χ0) is 31.5. The first-order valence-corrected chi connectivity index (χ1v) is 16.3.